The minimum absolute atomic E-state index is 0. The van der Waals surface area contributed by atoms with Crippen molar-refractivity contribution in [3.05, 3.63) is 29.3 Å². The lowest BCUT2D eigenvalue weighted by atomic mass is 10.1. The smallest absolute Gasteiger partial charge is 0.241 e. The fourth-order valence-electron chi connectivity index (χ4n) is 1.69. The molecule has 1 atom stereocenters. The average Bonchev–Trinajstić information content (AvgIpc) is 2.07. The zero-order valence-corrected chi connectivity index (χ0v) is 10.4. The van der Waals surface area contributed by atoms with Crippen molar-refractivity contribution in [2.45, 2.75) is 26.3 Å². The molecule has 0 unspecified atom stereocenters. The molecule has 2 rings (SSSR count). The normalized spacial score (nSPS) is 18.2. The van der Waals surface area contributed by atoms with E-state index in [1.54, 1.807) is 0 Å². The summed E-state index contributed by atoms with van der Waals surface area (Å²) in [6, 6.07) is 6.05. The molecule has 1 aliphatic rings. The lowest BCUT2D eigenvalue weighted by Gasteiger charge is -2.26. The van der Waals surface area contributed by atoms with Crippen LogP contribution in [0.15, 0.2) is 18.2 Å². The first-order valence-corrected chi connectivity index (χ1v) is 5.28. The summed E-state index contributed by atoms with van der Waals surface area (Å²) in [6.07, 6.45) is 0.941. The number of hydrogen-bond donors (Lipinski definition) is 2. The van der Waals surface area contributed by atoms with E-state index >= 15 is 0 Å². The second-order valence-electron chi connectivity index (χ2n) is 4.10. The van der Waals surface area contributed by atoms with Gasteiger partial charge in [-0.1, -0.05) is 17.7 Å². The zero-order valence-electron chi connectivity index (χ0n) is 9.54. The largest absolute Gasteiger partial charge is 0.324 e. The molecule has 0 saturated carbocycles. The van der Waals surface area contributed by atoms with Crippen LogP contribution >= 0.6 is 12.4 Å². The van der Waals surface area contributed by atoms with Crippen LogP contribution in [0.2, 0.25) is 0 Å². The van der Waals surface area contributed by atoms with Crippen molar-refractivity contribution >= 4 is 24.0 Å². The number of benzene rings is 1. The molecule has 1 fully saturated rings. The highest BCUT2D eigenvalue weighted by Crippen LogP contribution is 2.17. The first kappa shape index (κ1) is 13.0. The highest BCUT2D eigenvalue weighted by Gasteiger charge is 2.24. The van der Waals surface area contributed by atoms with Crippen LogP contribution in [0, 0.1) is 13.8 Å². The van der Waals surface area contributed by atoms with E-state index in [0.717, 1.165) is 24.2 Å². The van der Waals surface area contributed by atoms with Crippen molar-refractivity contribution in [1.29, 1.82) is 0 Å². The van der Waals surface area contributed by atoms with E-state index in [-0.39, 0.29) is 24.4 Å². The minimum Gasteiger partial charge on any atom is -0.324 e. The Morgan fingerprint density at radius 1 is 1.44 bits per heavy atom. The monoisotopic (exact) mass is 240 g/mol. The molecule has 0 bridgehead atoms. The summed E-state index contributed by atoms with van der Waals surface area (Å²) in [5, 5.41) is 6.02. The van der Waals surface area contributed by atoms with Gasteiger partial charge in [-0.2, -0.15) is 0 Å². The molecule has 88 valence electrons. The molecule has 1 aliphatic heterocycles. The van der Waals surface area contributed by atoms with Crippen LogP contribution in [0.1, 0.15) is 17.5 Å². The van der Waals surface area contributed by atoms with E-state index < -0.39 is 0 Å². The number of amides is 1. The van der Waals surface area contributed by atoms with E-state index in [2.05, 4.69) is 16.7 Å². The second kappa shape index (κ2) is 5.32. The first-order chi connectivity index (χ1) is 7.16. The van der Waals surface area contributed by atoms with Crippen molar-refractivity contribution in [2.24, 2.45) is 0 Å². The lowest BCUT2D eigenvalue weighted by Crippen LogP contribution is -2.50. The number of anilines is 1. The van der Waals surface area contributed by atoms with Gasteiger partial charge in [0.1, 0.15) is 0 Å². The quantitative estimate of drug-likeness (QED) is 0.831. The Balaban J connectivity index is 0.00000128. The molecule has 1 aromatic rings. The topological polar surface area (TPSA) is 41.1 Å². The van der Waals surface area contributed by atoms with E-state index in [4.69, 9.17) is 0 Å². The van der Waals surface area contributed by atoms with Gasteiger partial charge < -0.3 is 10.6 Å². The number of hydrogen-bond acceptors (Lipinski definition) is 2. The van der Waals surface area contributed by atoms with Gasteiger partial charge in [-0.15, -0.1) is 12.4 Å². The zero-order chi connectivity index (χ0) is 10.8. The predicted octanol–water partition coefficient (Wildman–Crippen LogP) is 2.03. The van der Waals surface area contributed by atoms with E-state index in [1.165, 1.54) is 5.56 Å². The van der Waals surface area contributed by atoms with Gasteiger partial charge in [-0.25, -0.2) is 0 Å². The van der Waals surface area contributed by atoms with Crippen molar-refractivity contribution in [3.63, 3.8) is 0 Å². The number of aryl methyl sites for hydroxylation is 2. The predicted molar refractivity (Wildman–Crippen MR) is 68.2 cm³/mol. The molecule has 3 nitrogen and oxygen atoms in total. The lowest BCUT2D eigenvalue weighted by molar-refractivity contribution is -0.119. The summed E-state index contributed by atoms with van der Waals surface area (Å²) in [5.41, 5.74) is 3.24. The first-order valence-electron chi connectivity index (χ1n) is 5.28. The van der Waals surface area contributed by atoms with E-state index in [1.807, 2.05) is 26.0 Å². The van der Waals surface area contributed by atoms with Crippen molar-refractivity contribution in [1.82, 2.24) is 5.32 Å². The van der Waals surface area contributed by atoms with Gasteiger partial charge in [-0.3, -0.25) is 4.79 Å². The Morgan fingerprint density at radius 2 is 2.12 bits per heavy atom. The van der Waals surface area contributed by atoms with Crippen molar-refractivity contribution < 1.29 is 4.79 Å². The van der Waals surface area contributed by atoms with E-state index in [9.17, 15) is 4.79 Å². The maximum Gasteiger partial charge on any atom is 0.241 e. The van der Waals surface area contributed by atoms with Gasteiger partial charge in [0.15, 0.2) is 0 Å². The van der Waals surface area contributed by atoms with Gasteiger partial charge in [-0.05, 0) is 38.4 Å². The van der Waals surface area contributed by atoms with Crippen LogP contribution in [0.5, 0.6) is 0 Å². The van der Waals surface area contributed by atoms with Crippen LogP contribution in [-0.2, 0) is 4.79 Å². The van der Waals surface area contributed by atoms with Gasteiger partial charge in [0.2, 0.25) is 5.91 Å². The fourth-order valence-corrected chi connectivity index (χ4v) is 1.69. The van der Waals surface area contributed by atoms with Crippen LogP contribution in [0.25, 0.3) is 0 Å². The van der Waals surface area contributed by atoms with Crippen molar-refractivity contribution in [3.8, 4) is 0 Å². The number of carbonyl (C=O) groups is 1. The fraction of sp³-hybridized carbons (Fsp3) is 0.417. The Hall–Kier alpha value is -1.06. The van der Waals surface area contributed by atoms with Crippen LogP contribution in [0.4, 0.5) is 5.69 Å². The van der Waals surface area contributed by atoms with Crippen LogP contribution < -0.4 is 10.6 Å². The van der Waals surface area contributed by atoms with Gasteiger partial charge >= 0.3 is 0 Å². The summed E-state index contributed by atoms with van der Waals surface area (Å²) < 4.78 is 0. The van der Waals surface area contributed by atoms with Gasteiger partial charge in [0.25, 0.3) is 0 Å². The molecular formula is C12H17ClN2O. The highest BCUT2D eigenvalue weighted by molar-refractivity contribution is 5.96. The number of carbonyl (C=O) groups excluding carboxylic acids is 1. The molecule has 0 aliphatic carbocycles. The van der Waals surface area contributed by atoms with E-state index in [0.29, 0.717) is 0 Å². The summed E-state index contributed by atoms with van der Waals surface area (Å²) in [6.45, 7) is 5.01. The maximum absolute atomic E-state index is 11.7. The molecular weight excluding hydrogens is 224 g/mol. The molecule has 1 heterocycles. The molecule has 4 heteroatoms. The SMILES string of the molecule is Cc1ccc(NC(=O)[C@H]2CCN2)c(C)c1.Cl. The molecule has 1 aromatic carbocycles. The summed E-state index contributed by atoms with van der Waals surface area (Å²) in [7, 11) is 0. The third-order valence-electron chi connectivity index (χ3n) is 2.78. The Morgan fingerprint density at radius 3 is 2.62 bits per heavy atom. The molecule has 2 N–H and O–H groups in total. The Kier molecular flexibility index (Phi) is 4.33. The Labute approximate surface area is 102 Å². The number of rotatable bonds is 2. The maximum atomic E-state index is 11.7. The molecule has 1 saturated heterocycles. The van der Waals surface area contributed by atoms with Crippen LogP contribution in [-0.4, -0.2) is 18.5 Å². The summed E-state index contributed by atoms with van der Waals surface area (Å²) in [5.74, 6) is 0.0770. The second-order valence-corrected chi connectivity index (χ2v) is 4.10. The number of halogens is 1. The summed E-state index contributed by atoms with van der Waals surface area (Å²) in [4.78, 5) is 11.7. The third kappa shape index (κ3) is 2.74. The molecule has 0 radical (unpaired) electrons. The van der Waals surface area contributed by atoms with Crippen molar-refractivity contribution in [2.75, 3.05) is 11.9 Å². The van der Waals surface area contributed by atoms with Gasteiger partial charge in [0, 0.05) is 5.69 Å². The Bertz CT molecular complexity index is 389. The molecule has 0 spiro atoms. The average molecular weight is 241 g/mol. The van der Waals surface area contributed by atoms with Gasteiger partial charge in [0.05, 0.1) is 6.04 Å². The number of nitrogens with one attached hydrogen (secondary N) is 2. The molecule has 1 amide bonds. The molecule has 16 heavy (non-hydrogen) atoms. The summed E-state index contributed by atoms with van der Waals surface area (Å²) >= 11 is 0. The third-order valence-corrected chi connectivity index (χ3v) is 2.78. The standard InChI is InChI=1S/C12H16N2O.ClH/c1-8-3-4-10(9(2)7-8)14-12(15)11-5-6-13-11;/h3-4,7,11,13H,5-6H2,1-2H3,(H,14,15);1H/t11-;/m1./s1. The molecule has 0 aromatic heterocycles. The van der Waals surface area contributed by atoms with Crippen LogP contribution in [0.3, 0.4) is 0 Å². The minimum atomic E-state index is 0. The highest BCUT2D eigenvalue weighted by atomic mass is 35.5.